The number of halogens is 3. The van der Waals surface area contributed by atoms with Crippen molar-refractivity contribution >= 4 is 12.4 Å². The second-order valence-electron chi connectivity index (χ2n) is 3.58. The molecule has 0 aromatic carbocycles. The molecule has 3 nitrogen and oxygen atoms in total. The predicted octanol–water partition coefficient (Wildman–Crippen LogP) is -1.05. The van der Waals surface area contributed by atoms with Gasteiger partial charge in [-0.05, 0) is 18.9 Å². The first kappa shape index (κ1) is 18.4. The Balaban J connectivity index is 0.00000289. The second kappa shape index (κ2) is 9.33. The van der Waals surface area contributed by atoms with E-state index in [1.54, 1.807) is 7.11 Å². The summed E-state index contributed by atoms with van der Waals surface area (Å²) < 4.78 is 47.2. The van der Waals surface area contributed by atoms with Crippen LogP contribution in [0, 0.1) is 0 Å². The van der Waals surface area contributed by atoms with Crippen LogP contribution in [0.2, 0.25) is 0 Å². The first-order valence-electron chi connectivity index (χ1n) is 5.30. The van der Waals surface area contributed by atoms with Gasteiger partial charge in [-0.25, -0.2) is 0 Å². The van der Waals surface area contributed by atoms with Gasteiger partial charge in [-0.2, -0.15) is 0 Å². The van der Waals surface area contributed by atoms with Crippen LogP contribution >= 0.6 is 0 Å². The van der Waals surface area contributed by atoms with Crippen LogP contribution in [-0.4, -0.2) is 32.3 Å². The van der Waals surface area contributed by atoms with Crippen LogP contribution in [0.1, 0.15) is 12.8 Å². The molecule has 0 unspecified atom stereocenters. The average Bonchev–Trinajstić information content (AvgIpc) is 2.28. The van der Waals surface area contributed by atoms with Crippen LogP contribution in [0.25, 0.3) is 0 Å². The Hall–Kier alpha value is 0.401. The standard InChI is InChI=1S/C10H14BF3NO2.K/c1-16-4-2-3-5-17-10-6-9(7-15-8-10)11(12,13)14;/h6-8H,2-5H2,1H3;/q-1;+1. The van der Waals surface area contributed by atoms with Crippen molar-refractivity contribution in [1.82, 2.24) is 4.98 Å². The molecule has 1 aromatic rings. The molecule has 0 amide bonds. The molecule has 8 heteroatoms. The first-order chi connectivity index (χ1) is 8.04. The van der Waals surface area contributed by atoms with Gasteiger partial charge in [0.1, 0.15) is 5.75 Å². The molecular weight excluding hydrogens is 273 g/mol. The molecule has 0 bridgehead atoms. The first-order valence-corrected chi connectivity index (χ1v) is 5.30. The minimum atomic E-state index is -5.02. The topological polar surface area (TPSA) is 31.4 Å². The number of pyridine rings is 1. The van der Waals surface area contributed by atoms with E-state index in [2.05, 4.69) is 4.98 Å². The summed E-state index contributed by atoms with van der Waals surface area (Å²) in [4.78, 5) is 3.51. The van der Waals surface area contributed by atoms with Crippen LogP contribution in [-0.2, 0) is 4.74 Å². The van der Waals surface area contributed by atoms with Crippen molar-refractivity contribution in [2.75, 3.05) is 20.3 Å². The van der Waals surface area contributed by atoms with Gasteiger partial charge >= 0.3 is 58.4 Å². The number of methoxy groups -OCH3 is 1. The third-order valence-corrected chi connectivity index (χ3v) is 2.12. The normalized spacial score (nSPS) is 10.9. The van der Waals surface area contributed by atoms with E-state index in [0.29, 0.717) is 13.2 Å². The zero-order valence-electron chi connectivity index (χ0n) is 10.5. The third kappa shape index (κ3) is 7.10. The molecule has 0 N–H and O–H groups in total. The maximum atomic E-state index is 12.4. The number of unbranched alkanes of at least 4 members (excludes halogenated alkanes) is 1. The molecule has 0 saturated carbocycles. The van der Waals surface area contributed by atoms with Crippen LogP contribution in [0.15, 0.2) is 18.5 Å². The summed E-state index contributed by atoms with van der Waals surface area (Å²) in [5.74, 6) is 0.152. The van der Waals surface area contributed by atoms with Crippen molar-refractivity contribution in [3.05, 3.63) is 18.5 Å². The Labute approximate surface area is 147 Å². The van der Waals surface area contributed by atoms with E-state index in [0.717, 1.165) is 25.1 Å². The molecule has 0 saturated heterocycles. The maximum absolute atomic E-state index is 12.4. The summed E-state index contributed by atoms with van der Waals surface area (Å²) in [5.41, 5.74) is -0.737. The average molecular weight is 287 g/mol. The predicted molar refractivity (Wildman–Crippen MR) is 59.6 cm³/mol. The van der Waals surface area contributed by atoms with Gasteiger partial charge in [0.05, 0.1) is 12.8 Å². The van der Waals surface area contributed by atoms with E-state index in [-0.39, 0.29) is 57.1 Å². The van der Waals surface area contributed by atoms with E-state index < -0.39 is 12.4 Å². The monoisotopic (exact) mass is 287 g/mol. The largest absolute Gasteiger partial charge is 1.00 e. The fraction of sp³-hybridized carbons (Fsp3) is 0.500. The van der Waals surface area contributed by atoms with Gasteiger partial charge in [-0.3, -0.25) is 4.98 Å². The Morgan fingerprint density at radius 2 is 1.83 bits per heavy atom. The summed E-state index contributed by atoms with van der Waals surface area (Å²) in [7, 11) is 1.60. The summed E-state index contributed by atoms with van der Waals surface area (Å²) in [6, 6.07) is 0.976. The summed E-state index contributed by atoms with van der Waals surface area (Å²) in [6.45, 7) is -4.04. The Morgan fingerprint density at radius 3 is 2.44 bits per heavy atom. The number of rotatable bonds is 7. The van der Waals surface area contributed by atoms with E-state index in [9.17, 15) is 12.9 Å². The van der Waals surface area contributed by atoms with Crippen LogP contribution < -0.4 is 61.6 Å². The van der Waals surface area contributed by atoms with Gasteiger partial charge in [0.2, 0.25) is 0 Å². The number of nitrogens with zero attached hydrogens (tertiary/aromatic N) is 1. The molecule has 1 rings (SSSR count). The molecule has 18 heavy (non-hydrogen) atoms. The number of aromatic nitrogens is 1. The Kier molecular flexibility index (Phi) is 9.54. The molecule has 0 aliphatic heterocycles. The minimum absolute atomic E-state index is 0. The van der Waals surface area contributed by atoms with Crippen molar-refractivity contribution in [3.63, 3.8) is 0 Å². The van der Waals surface area contributed by atoms with E-state index in [4.69, 9.17) is 9.47 Å². The van der Waals surface area contributed by atoms with E-state index >= 15 is 0 Å². The van der Waals surface area contributed by atoms with Crippen LogP contribution in [0.3, 0.4) is 0 Å². The van der Waals surface area contributed by atoms with Crippen molar-refractivity contribution in [2.45, 2.75) is 12.8 Å². The number of hydrogen-bond donors (Lipinski definition) is 0. The fourth-order valence-electron chi connectivity index (χ4n) is 1.23. The second-order valence-corrected chi connectivity index (χ2v) is 3.58. The molecule has 0 spiro atoms. The van der Waals surface area contributed by atoms with Gasteiger partial charge in [0.25, 0.3) is 0 Å². The molecule has 1 heterocycles. The van der Waals surface area contributed by atoms with E-state index in [1.807, 2.05) is 0 Å². The number of hydrogen-bond acceptors (Lipinski definition) is 3. The van der Waals surface area contributed by atoms with E-state index in [1.165, 1.54) is 6.20 Å². The molecule has 0 fully saturated rings. The molecule has 0 atom stereocenters. The smallest absolute Gasteiger partial charge is 0.492 e. The molecule has 0 radical (unpaired) electrons. The molecule has 1 aromatic heterocycles. The van der Waals surface area contributed by atoms with Crippen LogP contribution in [0.4, 0.5) is 12.9 Å². The Bertz CT molecular complexity index is 352. The van der Waals surface area contributed by atoms with Crippen molar-refractivity contribution in [3.8, 4) is 5.75 Å². The quantitative estimate of drug-likeness (QED) is 0.473. The number of ether oxygens (including phenoxy) is 2. The van der Waals surface area contributed by atoms with Crippen molar-refractivity contribution in [2.24, 2.45) is 0 Å². The summed E-state index contributed by atoms with van der Waals surface area (Å²) in [5, 5.41) is 0. The molecular formula is C10H14BF3KNO2. The van der Waals surface area contributed by atoms with Crippen LogP contribution in [0.5, 0.6) is 5.75 Å². The van der Waals surface area contributed by atoms with Gasteiger partial charge in [0.15, 0.2) is 0 Å². The summed E-state index contributed by atoms with van der Waals surface area (Å²) >= 11 is 0. The zero-order valence-corrected chi connectivity index (χ0v) is 13.7. The third-order valence-electron chi connectivity index (χ3n) is 2.12. The van der Waals surface area contributed by atoms with Gasteiger partial charge < -0.3 is 22.4 Å². The minimum Gasteiger partial charge on any atom is -0.492 e. The van der Waals surface area contributed by atoms with Gasteiger partial charge in [-0.1, -0.05) is 5.46 Å². The fourth-order valence-corrected chi connectivity index (χ4v) is 1.23. The molecule has 0 aliphatic carbocycles. The SMILES string of the molecule is COCCCCOc1cncc([B-](F)(F)F)c1.[K+]. The Morgan fingerprint density at radius 1 is 1.17 bits per heavy atom. The van der Waals surface area contributed by atoms with Gasteiger partial charge in [-0.15, -0.1) is 0 Å². The summed E-state index contributed by atoms with van der Waals surface area (Å²) in [6.07, 6.45) is 3.63. The van der Waals surface area contributed by atoms with Crippen molar-refractivity contribution < 1.29 is 73.8 Å². The molecule has 96 valence electrons. The maximum Gasteiger partial charge on any atom is 1.00 e. The van der Waals surface area contributed by atoms with Gasteiger partial charge in [0, 0.05) is 19.9 Å². The van der Waals surface area contributed by atoms with Crippen molar-refractivity contribution in [1.29, 1.82) is 0 Å². The molecule has 0 aliphatic rings. The zero-order chi connectivity index (χ0) is 12.7.